The first-order valence-corrected chi connectivity index (χ1v) is 6.78. The van der Waals surface area contributed by atoms with Crippen LogP contribution in [-0.4, -0.2) is 9.97 Å². The summed E-state index contributed by atoms with van der Waals surface area (Å²) < 4.78 is 0. The topological polar surface area (TPSA) is 75.6 Å². The Morgan fingerprint density at radius 1 is 1.19 bits per heavy atom. The third-order valence-corrected chi connectivity index (χ3v) is 3.50. The van der Waals surface area contributed by atoms with Gasteiger partial charge in [0.1, 0.15) is 5.82 Å². The molecular weight excluding hydrogens is 260 g/mol. The third-order valence-electron chi connectivity index (χ3n) is 3.50. The largest absolute Gasteiger partial charge is 0.384 e. The molecule has 3 aromatic rings. The molecule has 102 valence electrons. The molecule has 0 saturated heterocycles. The van der Waals surface area contributed by atoms with E-state index in [9.17, 15) is 5.26 Å². The zero-order chi connectivity index (χ0) is 14.8. The van der Waals surface area contributed by atoms with Crippen LogP contribution in [0.25, 0.3) is 22.0 Å². The van der Waals surface area contributed by atoms with Crippen molar-refractivity contribution in [2.75, 3.05) is 5.73 Å². The summed E-state index contributed by atoms with van der Waals surface area (Å²) in [5.74, 6) is 0.488. The zero-order valence-electron chi connectivity index (χ0n) is 11.7. The van der Waals surface area contributed by atoms with Crippen LogP contribution in [0.5, 0.6) is 0 Å². The molecule has 0 aliphatic carbocycles. The van der Waals surface area contributed by atoms with E-state index in [0.29, 0.717) is 11.4 Å². The van der Waals surface area contributed by atoms with Gasteiger partial charge in [-0.1, -0.05) is 19.1 Å². The second kappa shape index (κ2) is 5.22. The van der Waals surface area contributed by atoms with Crippen LogP contribution in [0.15, 0.2) is 42.6 Å². The van der Waals surface area contributed by atoms with Gasteiger partial charge in [-0.2, -0.15) is 5.26 Å². The van der Waals surface area contributed by atoms with Crippen LogP contribution >= 0.6 is 0 Å². The number of nitrogen functional groups attached to an aromatic ring is 1. The van der Waals surface area contributed by atoms with Crippen LogP contribution < -0.4 is 5.73 Å². The molecule has 0 bridgehead atoms. The molecule has 21 heavy (non-hydrogen) atoms. The van der Waals surface area contributed by atoms with Crippen molar-refractivity contribution >= 4 is 16.7 Å². The van der Waals surface area contributed by atoms with E-state index in [1.54, 1.807) is 12.3 Å². The summed E-state index contributed by atoms with van der Waals surface area (Å²) in [6.45, 7) is 2.02. The van der Waals surface area contributed by atoms with E-state index in [4.69, 9.17) is 5.73 Å². The Morgan fingerprint density at radius 3 is 2.81 bits per heavy atom. The van der Waals surface area contributed by atoms with Crippen LogP contribution in [0, 0.1) is 11.3 Å². The number of aryl methyl sites for hydroxylation is 1. The first kappa shape index (κ1) is 13.1. The third kappa shape index (κ3) is 2.19. The van der Waals surface area contributed by atoms with Gasteiger partial charge in [0.05, 0.1) is 22.8 Å². The predicted molar refractivity (Wildman–Crippen MR) is 83.5 cm³/mol. The Labute approximate surface area is 122 Å². The highest BCUT2D eigenvalue weighted by atomic mass is 14.8. The molecule has 0 aliphatic rings. The summed E-state index contributed by atoms with van der Waals surface area (Å²) in [5.41, 5.74) is 9.83. The molecule has 0 unspecified atom stereocenters. The lowest BCUT2D eigenvalue weighted by atomic mass is 9.95. The lowest BCUT2D eigenvalue weighted by Crippen LogP contribution is -1.99. The van der Waals surface area contributed by atoms with Gasteiger partial charge < -0.3 is 5.73 Å². The fraction of sp³-hybridized carbons (Fsp3) is 0.118. The number of nitriles is 1. The quantitative estimate of drug-likeness (QED) is 0.777. The van der Waals surface area contributed by atoms with Gasteiger partial charge in [0.15, 0.2) is 0 Å². The Kier molecular flexibility index (Phi) is 3.25. The summed E-state index contributed by atoms with van der Waals surface area (Å²) in [6.07, 6.45) is 2.48. The molecule has 2 heterocycles. The van der Waals surface area contributed by atoms with Gasteiger partial charge in [0.2, 0.25) is 0 Å². The smallest absolute Gasteiger partial charge is 0.123 e. The maximum absolute atomic E-state index is 9.43. The molecule has 0 amide bonds. The van der Waals surface area contributed by atoms with Gasteiger partial charge in [-0.25, -0.2) is 4.98 Å². The molecule has 0 fully saturated rings. The normalized spacial score (nSPS) is 10.5. The molecule has 0 radical (unpaired) electrons. The number of fused-ring (bicyclic) bond motifs is 1. The Morgan fingerprint density at radius 2 is 2.05 bits per heavy atom. The molecule has 4 nitrogen and oxygen atoms in total. The van der Waals surface area contributed by atoms with Gasteiger partial charge in [-0.3, -0.25) is 4.98 Å². The number of anilines is 1. The SMILES string of the molecule is CCc1nc(N)ccc1-c1c(C#N)ccc2cccnc12. The zero-order valence-corrected chi connectivity index (χ0v) is 11.7. The van der Waals surface area contributed by atoms with Gasteiger partial charge >= 0.3 is 0 Å². The average molecular weight is 274 g/mol. The van der Waals surface area contributed by atoms with E-state index in [-0.39, 0.29) is 0 Å². The van der Waals surface area contributed by atoms with E-state index < -0.39 is 0 Å². The Bertz CT molecular complexity index is 862. The summed E-state index contributed by atoms with van der Waals surface area (Å²) >= 11 is 0. The molecule has 0 spiro atoms. The lowest BCUT2D eigenvalue weighted by Gasteiger charge is -2.12. The van der Waals surface area contributed by atoms with Gasteiger partial charge in [0, 0.05) is 22.7 Å². The van der Waals surface area contributed by atoms with Crippen LogP contribution in [0.3, 0.4) is 0 Å². The van der Waals surface area contributed by atoms with Crippen LogP contribution in [0.4, 0.5) is 5.82 Å². The van der Waals surface area contributed by atoms with E-state index in [1.807, 2.05) is 37.3 Å². The van der Waals surface area contributed by atoms with Crippen LogP contribution in [-0.2, 0) is 6.42 Å². The summed E-state index contributed by atoms with van der Waals surface area (Å²) in [7, 11) is 0. The number of rotatable bonds is 2. The summed E-state index contributed by atoms with van der Waals surface area (Å²) in [4.78, 5) is 8.84. The van der Waals surface area contributed by atoms with Crippen molar-refractivity contribution in [3.63, 3.8) is 0 Å². The second-order valence-electron chi connectivity index (χ2n) is 4.76. The summed E-state index contributed by atoms with van der Waals surface area (Å²) in [5, 5.41) is 10.4. The molecule has 3 rings (SSSR count). The maximum Gasteiger partial charge on any atom is 0.123 e. The molecule has 0 atom stereocenters. The van der Waals surface area contributed by atoms with Crippen molar-refractivity contribution < 1.29 is 0 Å². The standard InChI is InChI=1S/C17H14N4/c1-2-14-13(7-8-15(19)21-14)16-12(10-18)6-5-11-4-3-9-20-17(11)16/h3-9H,2H2,1H3,(H2,19,21). The van der Waals surface area contributed by atoms with E-state index >= 15 is 0 Å². The number of aromatic nitrogens is 2. The molecular formula is C17H14N4. The highest BCUT2D eigenvalue weighted by Gasteiger charge is 2.14. The van der Waals surface area contributed by atoms with Crippen molar-refractivity contribution in [2.24, 2.45) is 0 Å². The fourth-order valence-corrected chi connectivity index (χ4v) is 2.53. The van der Waals surface area contributed by atoms with E-state index in [0.717, 1.165) is 34.1 Å². The van der Waals surface area contributed by atoms with Gasteiger partial charge in [-0.05, 0) is 30.7 Å². The number of hydrogen-bond donors (Lipinski definition) is 1. The van der Waals surface area contributed by atoms with Crippen molar-refractivity contribution in [3.8, 4) is 17.2 Å². The Balaban J connectivity index is 2.41. The molecule has 0 aliphatic heterocycles. The van der Waals surface area contributed by atoms with Crippen LogP contribution in [0.1, 0.15) is 18.2 Å². The molecule has 4 heteroatoms. The van der Waals surface area contributed by atoms with Crippen molar-refractivity contribution in [2.45, 2.75) is 13.3 Å². The minimum absolute atomic E-state index is 0.488. The maximum atomic E-state index is 9.43. The average Bonchev–Trinajstić information content (AvgIpc) is 2.53. The van der Waals surface area contributed by atoms with Gasteiger partial charge in [-0.15, -0.1) is 0 Å². The monoisotopic (exact) mass is 274 g/mol. The molecule has 0 saturated carbocycles. The van der Waals surface area contributed by atoms with Gasteiger partial charge in [0.25, 0.3) is 0 Å². The number of nitrogens with zero attached hydrogens (tertiary/aromatic N) is 3. The minimum Gasteiger partial charge on any atom is -0.384 e. The number of benzene rings is 1. The van der Waals surface area contributed by atoms with Crippen molar-refractivity contribution in [1.82, 2.24) is 9.97 Å². The molecule has 2 aromatic heterocycles. The lowest BCUT2D eigenvalue weighted by molar-refractivity contribution is 1.04. The summed E-state index contributed by atoms with van der Waals surface area (Å²) in [6, 6.07) is 13.6. The van der Waals surface area contributed by atoms with E-state index in [2.05, 4.69) is 16.0 Å². The first-order chi connectivity index (χ1) is 10.2. The highest BCUT2D eigenvalue weighted by Crippen LogP contribution is 2.33. The van der Waals surface area contributed by atoms with E-state index in [1.165, 1.54) is 0 Å². The fourth-order valence-electron chi connectivity index (χ4n) is 2.53. The number of pyridine rings is 2. The minimum atomic E-state index is 0.488. The number of nitrogens with two attached hydrogens (primary N) is 1. The van der Waals surface area contributed by atoms with Crippen molar-refractivity contribution in [3.05, 3.63) is 53.9 Å². The molecule has 1 aromatic carbocycles. The van der Waals surface area contributed by atoms with Crippen molar-refractivity contribution in [1.29, 1.82) is 5.26 Å². The molecule has 2 N–H and O–H groups in total. The predicted octanol–water partition coefficient (Wildman–Crippen LogP) is 3.31. The van der Waals surface area contributed by atoms with Crippen LogP contribution in [0.2, 0.25) is 0 Å². The first-order valence-electron chi connectivity index (χ1n) is 6.78. The highest BCUT2D eigenvalue weighted by molar-refractivity contribution is 5.97. The number of hydrogen-bond acceptors (Lipinski definition) is 4. The Hall–Kier alpha value is -2.93. The second-order valence-corrected chi connectivity index (χ2v) is 4.76.